The van der Waals surface area contributed by atoms with Crippen molar-refractivity contribution in [1.29, 1.82) is 0 Å². The minimum atomic E-state index is -3.44. The Hall–Kier alpha value is -2.49. The molecule has 2 N–H and O–H groups in total. The standard InChI is InChI=1S/C21H22BrN3O4S/c1-2-11-23-30(28,29)14-15-7-9-17(10-8-15)24-21(27)16-12-20(26)25(13-16)19-6-4-3-5-18(19)22/h2-10,16,23H,1,11-14H2,(H,24,27). The van der Waals surface area contributed by atoms with Gasteiger partial charge in [-0.15, -0.1) is 6.58 Å². The van der Waals surface area contributed by atoms with Crippen LogP contribution in [0.3, 0.4) is 0 Å². The van der Waals surface area contributed by atoms with Crippen LogP contribution in [-0.4, -0.2) is 33.3 Å². The summed E-state index contributed by atoms with van der Waals surface area (Å²) in [6.07, 6.45) is 1.61. The smallest absolute Gasteiger partial charge is 0.229 e. The summed E-state index contributed by atoms with van der Waals surface area (Å²) in [4.78, 5) is 26.6. The van der Waals surface area contributed by atoms with Gasteiger partial charge in [0.05, 0.1) is 17.4 Å². The Morgan fingerprint density at radius 1 is 1.20 bits per heavy atom. The second-order valence-corrected chi connectivity index (χ2v) is 9.60. The lowest BCUT2D eigenvalue weighted by atomic mass is 10.1. The Morgan fingerprint density at radius 3 is 2.57 bits per heavy atom. The molecule has 0 saturated carbocycles. The predicted molar refractivity (Wildman–Crippen MR) is 120 cm³/mol. The molecular weight excluding hydrogens is 470 g/mol. The number of hydrogen-bond donors (Lipinski definition) is 2. The highest BCUT2D eigenvalue weighted by atomic mass is 79.9. The van der Waals surface area contributed by atoms with Gasteiger partial charge in [0.25, 0.3) is 0 Å². The average Bonchev–Trinajstić information content (AvgIpc) is 3.10. The van der Waals surface area contributed by atoms with Crippen molar-refractivity contribution in [3.8, 4) is 0 Å². The highest BCUT2D eigenvalue weighted by Gasteiger charge is 2.35. The van der Waals surface area contributed by atoms with Crippen molar-refractivity contribution in [2.24, 2.45) is 5.92 Å². The molecule has 7 nitrogen and oxygen atoms in total. The summed E-state index contributed by atoms with van der Waals surface area (Å²) in [6.45, 7) is 3.96. The molecule has 1 fully saturated rings. The molecule has 158 valence electrons. The zero-order valence-corrected chi connectivity index (χ0v) is 18.6. The van der Waals surface area contributed by atoms with Crippen LogP contribution >= 0.6 is 15.9 Å². The van der Waals surface area contributed by atoms with E-state index in [0.717, 1.165) is 10.2 Å². The van der Waals surface area contributed by atoms with Gasteiger partial charge in [-0.3, -0.25) is 9.59 Å². The Morgan fingerprint density at radius 2 is 1.90 bits per heavy atom. The van der Waals surface area contributed by atoms with Crippen LogP contribution in [-0.2, 0) is 25.4 Å². The summed E-state index contributed by atoms with van der Waals surface area (Å²) in [5.41, 5.74) is 1.89. The van der Waals surface area contributed by atoms with Crippen molar-refractivity contribution in [3.63, 3.8) is 0 Å². The van der Waals surface area contributed by atoms with E-state index in [1.165, 1.54) is 6.08 Å². The van der Waals surface area contributed by atoms with Crippen LogP contribution in [0.5, 0.6) is 0 Å². The molecule has 1 saturated heterocycles. The third kappa shape index (κ3) is 5.56. The molecule has 2 amide bonds. The number of carbonyl (C=O) groups excluding carboxylic acids is 2. The van der Waals surface area contributed by atoms with Gasteiger partial charge in [0.1, 0.15) is 0 Å². The molecule has 9 heteroatoms. The fraction of sp³-hybridized carbons (Fsp3) is 0.238. The minimum Gasteiger partial charge on any atom is -0.326 e. The zero-order chi connectivity index (χ0) is 21.7. The van der Waals surface area contributed by atoms with E-state index in [1.54, 1.807) is 29.2 Å². The molecule has 0 bridgehead atoms. The molecule has 0 radical (unpaired) electrons. The minimum absolute atomic E-state index is 0.102. The number of hydrogen-bond acceptors (Lipinski definition) is 4. The van der Waals surface area contributed by atoms with Crippen LogP contribution in [0.2, 0.25) is 0 Å². The highest BCUT2D eigenvalue weighted by molar-refractivity contribution is 9.10. The van der Waals surface area contributed by atoms with E-state index < -0.39 is 15.9 Å². The molecule has 1 atom stereocenters. The monoisotopic (exact) mass is 491 g/mol. The van der Waals surface area contributed by atoms with E-state index >= 15 is 0 Å². The van der Waals surface area contributed by atoms with Crippen molar-refractivity contribution in [1.82, 2.24) is 4.72 Å². The van der Waals surface area contributed by atoms with Crippen LogP contribution < -0.4 is 14.9 Å². The first-order valence-corrected chi connectivity index (χ1v) is 11.8. The first kappa shape index (κ1) is 22.2. The number of halogens is 1. The van der Waals surface area contributed by atoms with Crippen LogP contribution in [0.15, 0.2) is 65.7 Å². The first-order chi connectivity index (χ1) is 14.3. The molecule has 30 heavy (non-hydrogen) atoms. The number of sulfonamides is 1. The third-order valence-electron chi connectivity index (χ3n) is 4.66. The van der Waals surface area contributed by atoms with Gasteiger partial charge in [-0.1, -0.05) is 30.3 Å². The highest BCUT2D eigenvalue weighted by Crippen LogP contribution is 2.31. The number of anilines is 2. The van der Waals surface area contributed by atoms with E-state index in [9.17, 15) is 18.0 Å². The van der Waals surface area contributed by atoms with Crippen molar-refractivity contribution >= 4 is 49.1 Å². The molecular formula is C21H22BrN3O4S. The van der Waals surface area contributed by atoms with Gasteiger partial charge in [0.15, 0.2) is 0 Å². The van der Waals surface area contributed by atoms with Crippen LogP contribution in [0, 0.1) is 5.92 Å². The molecule has 1 heterocycles. The Bertz CT molecular complexity index is 1050. The van der Waals surface area contributed by atoms with E-state index in [-0.39, 0.29) is 30.5 Å². The van der Waals surface area contributed by atoms with Crippen LogP contribution in [0.1, 0.15) is 12.0 Å². The molecule has 3 rings (SSSR count). The second-order valence-electron chi connectivity index (χ2n) is 6.94. The molecule has 1 aliphatic heterocycles. The van der Waals surface area contributed by atoms with E-state index in [1.807, 2.05) is 24.3 Å². The third-order valence-corrected chi connectivity index (χ3v) is 6.66. The summed E-state index contributed by atoms with van der Waals surface area (Å²) in [5, 5.41) is 2.81. The number of carbonyl (C=O) groups is 2. The molecule has 2 aromatic carbocycles. The van der Waals surface area contributed by atoms with Gasteiger partial charge >= 0.3 is 0 Å². The number of benzene rings is 2. The summed E-state index contributed by atoms with van der Waals surface area (Å²) in [5.74, 6) is -0.971. The van der Waals surface area contributed by atoms with Gasteiger partial charge < -0.3 is 10.2 Å². The molecule has 2 aromatic rings. The fourth-order valence-corrected chi connectivity index (χ4v) is 4.78. The molecule has 0 aromatic heterocycles. The summed E-state index contributed by atoms with van der Waals surface area (Å²) >= 11 is 3.44. The number of rotatable bonds is 8. The number of nitrogens with one attached hydrogen (secondary N) is 2. The Labute approximate surface area is 184 Å². The lowest BCUT2D eigenvalue weighted by Crippen LogP contribution is -2.28. The van der Waals surface area contributed by atoms with Gasteiger partial charge in [-0.05, 0) is 45.8 Å². The van der Waals surface area contributed by atoms with Gasteiger partial charge in [-0.2, -0.15) is 0 Å². The zero-order valence-electron chi connectivity index (χ0n) is 16.2. The lowest BCUT2D eigenvalue weighted by Gasteiger charge is -2.18. The molecule has 1 aliphatic rings. The summed E-state index contributed by atoms with van der Waals surface area (Å²) < 4.78 is 27.1. The fourth-order valence-electron chi connectivity index (χ4n) is 3.17. The van der Waals surface area contributed by atoms with E-state index in [4.69, 9.17) is 0 Å². The number of amides is 2. The van der Waals surface area contributed by atoms with Gasteiger partial charge in [-0.25, -0.2) is 13.1 Å². The number of nitrogens with zero attached hydrogens (tertiary/aromatic N) is 1. The summed E-state index contributed by atoms with van der Waals surface area (Å²) in [6, 6.07) is 14.0. The lowest BCUT2D eigenvalue weighted by molar-refractivity contribution is -0.122. The second kappa shape index (κ2) is 9.55. The van der Waals surface area contributed by atoms with E-state index in [2.05, 4.69) is 32.5 Å². The first-order valence-electron chi connectivity index (χ1n) is 9.32. The van der Waals surface area contributed by atoms with Crippen molar-refractivity contribution < 1.29 is 18.0 Å². The maximum absolute atomic E-state index is 12.6. The van der Waals surface area contributed by atoms with Crippen LogP contribution in [0.4, 0.5) is 11.4 Å². The molecule has 0 spiro atoms. The predicted octanol–water partition coefficient (Wildman–Crippen LogP) is 3.05. The maximum Gasteiger partial charge on any atom is 0.229 e. The number of para-hydroxylation sites is 1. The normalized spacial score (nSPS) is 16.5. The van der Waals surface area contributed by atoms with Crippen molar-refractivity contribution in [2.45, 2.75) is 12.2 Å². The quantitative estimate of drug-likeness (QED) is 0.554. The van der Waals surface area contributed by atoms with Gasteiger partial charge in [0.2, 0.25) is 21.8 Å². The topological polar surface area (TPSA) is 95.6 Å². The van der Waals surface area contributed by atoms with Crippen LogP contribution in [0.25, 0.3) is 0 Å². The Balaban J connectivity index is 1.60. The van der Waals surface area contributed by atoms with Gasteiger partial charge in [0, 0.05) is 29.7 Å². The van der Waals surface area contributed by atoms with Crippen molar-refractivity contribution in [3.05, 3.63) is 71.2 Å². The maximum atomic E-state index is 12.6. The van der Waals surface area contributed by atoms with Crippen molar-refractivity contribution in [2.75, 3.05) is 23.3 Å². The molecule has 1 unspecified atom stereocenters. The van der Waals surface area contributed by atoms with E-state index in [0.29, 0.717) is 17.8 Å². The SMILES string of the molecule is C=CCNS(=O)(=O)Cc1ccc(NC(=O)C2CC(=O)N(c3ccccc3Br)C2)cc1. The summed E-state index contributed by atoms with van der Waals surface area (Å²) in [7, 11) is -3.44. The Kier molecular flexibility index (Phi) is 7.06. The largest absolute Gasteiger partial charge is 0.326 e. The molecule has 0 aliphatic carbocycles. The average molecular weight is 492 g/mol.